The fourth-order valence-corrected chi connectivity index (χ4v) is 1.43. The number of amides is 1. The molecular weight excluding hydrogens is 214 g/mol. The molecule has 90 valence electrons. The molecule has 0 radical (unpaired) electrons. The molecule has 1 rings (SSSR count). The third-order valence-corrected chi connectivity index (χ3v) is 2.25. The van der Waals surface area contributed by atoms with Crippen LogP contribution in [0.5, 0.6) is 0 Å². The Morgan fingerprint density at radius 2 is 2.12 bits per heavy atom. The Morgan fingerprint density at radius 1 is 1.47 bits per heavy atom. The normalized spacial score (nSPS) is 9.47. The molecule has 1 amide bonds. The van der Waals surface area contributed by atoms with Gasteiger partial charge in [0.25, 0.3) is 5.91 Å². The van der Waals surface area contributed by atoms with E-state index in [2.05, 4.69) is 23.5 Å². The molecule has 4 nitrogen and oxygen atoms in total. The van der Waals surface area contributed by atoms with E-state index >= 15 is 0 Å². The molecule has 1 aromatic rings. The van der Waals surface area contributed by atoms with E-state index in [-0.39, 0.29) is 5.91 Å². The molecular formula is C13H17N3O. The van der Waals surface area contributed by atoms with Gasteiger partial charge in [-0.3, -0.25) is 4.79 Å². The molecule has 0 bridgehead atoms. The average Bonchev–Trinajstić information content (AvgIpc) is 2.38. The number of carbonyl (C=O) groups excluding carboxylic acids is 1. The largest absolute Gasteiger partial charge is 0.373 e. The van der Waals surface area contributed by atoms with Gasteiger partial charge in [-0.05, 0) is 12.1 Å². The van der Waals surface area contributed by atoms with Gasteiger partial charge in [-0.25, -0.2) is 4.98 Å². The van der Waals surface area contributed by atoms with Crippen molar-refractivity contribution in [2.24, 2.45) is 0 Å². The van der Waals surface area contributed by atoms with Crippen molar-refractivity contribution < 1.29 is 4.79 Å². The molecule has 1 N–H and O–H groups in total. The van der Waals surface area contributed by atoms with Crippen molar-refractivity contribution >= 4 is 11.7 Å². The maximum Gasteiger partial charge on any atom is 0.254 e. The summed E-state index contributed by atoms with van der Waals surface area (Å²) in [6.07, 6.45) is 5.00. The van der Waals surface area contributed by atoms with Gasteiger partial charge in [0, 0.05) is 31.9 Å². The van der Waals surface area contributed by atoms with Gasteiger partial charge in [0.05, 0.1) is 0 Å². The lowest BCUT2D eigenvalue weighted by Crippen LogP contribution is -2.31. The van der Waals surface area contributed by atoms with Crippen LogP contribution in [0.15, 0.2) is 43.6 Å². The highest BCUT2D eigenvalue weighted by Gasteiger charge is 2.13. The third-order valence-electron chi connectivity index (χ3n) is 2.25. The fourth-order valence-electron chi connectivity index (χ4n) is 1.43. The summed E-state index contributed by atoms with van der Waals surface area (Å²) < 4.78 is 0. The number of nitrogens with zero attached hydrogens (tertiary/aromatic N) is 2. The Bertz CT molecular complexity index is 405. The zero-order valence-electron chi connectivity index (χ0n) is 10.0. The summed E-state index contributed by atoms with van der Waals surface area (Å²) in [5.74, 6) is 0.622. The van der Waals surface area contributed by atoms with E-state index in [9.17, 15) is 4.79 Å². The number of rotatable bonds is 6. The zero-order valence-corrected chi connectivity index (χ0v) is 10.0. The number of carbonyl (C=O) groups is 1. The Hall–Kier alpha value is -2.10. The van der Waals surface area contributed by atoms with Crippen LogP contribution in [0, 0.1) is 0 Å². The average molecular weight is 231 g/mol. The van der Waals surface area contributed by atoms with E-state index in [1.165, 1.54) is 0 Å². The summed E-state index contributed by atoms with van der Waals surface area (Å²) in [5.41, 5.74) is 0.605. The molecule has 0 aromatic carbocycles. The van der Waals surface area contributed by atoms with E-state index in [1.54, 1.807) is 42.4 Å². The molecule has 0 fully saturated rings. The number of pyridine rings is 1. The highest BCUT2D eigenvalue weighted by molar-refractivity contribution is 5.95. The Balaban J connectivity index is 2.91. The standard InChI is InChI=1S/C13H17N3O/c1-4-8-16(9-5-2)13(17)11-6-7-15-12(10-11)14-3/h4-7,10H,1-2,8-9H2,3H3,(H,14,15). The lowest BCUT2D eigenvalue weighted by Gasteiger charge is -2.19. The molecule has 1 heterocycles. The first kappa shape index (κ1) is 13.0. The molecule has 0 unspecified atom stereocenters. The van der Waals surface area contributed by atoms with E-state index in [0.717, 1.165) is 0 Å². The molecule has 0 saturated carbocycles. The topological polar surface area (TPSA) is 45.2 Å². The summed E-state index contributed by atoms with van der Waals surface area (Å²) >= 11 is 0. The van der Waals surface area contributed by atoms with Crippen LogP contribution in [0.4, 0.5) is 5.82 Å². The smallest absolute Gasteiger partial charge is 0.254 e. The minimum Gasteiger partial charge on any atom is -0.373 e. The van der Waals surface area contributed by atoms with Crippen LogP contribution in [0.2, 0.25) is 0 Å². The van der Waals surface area contributed by atoms with Gasteiger partial charge in [-0.15, -0.1) is 13.2 Å². The summed E-state index contributed by atoms with van der Waals surface area (Å²) in [4.78, 5) is 17.9. The highest BCUT2D eigenvalue weighted by atomic mass is 16.2. The molecule has 1 aromatic heterocycles. The van der Waals surface area contributed by atoms with Crippen LogP contribution in [-0.4, -0.2) is 35.9 Å². The minimum atomic E-state index is -0.0521. The van der Waals surface area contributed by atoms with Gasteiger partial charge < -0.3 is 10.2 Å². The molecule has 0 aliphatic heterocycles. The second-order valence-corrected chi connectivity index (χ2v) is 3.47. The van der Waals surface area contributed by atoms with E-state index in [4.69, 9.17) is 0 Å². The Kier molecular flexibility index (Phi) is 4.94. The van der Waals surface area contributed by atoms with Crippen molar-refractivity contribution in [3.8, 4) is 0 Å². The van der Waals surface area contributed by atoms with Crippen LogP contribution >= 0.6 is 0 Å². The lowest BCUT2D eigenvalue weighted by atomic mass is 10.2. The van der Waals surface area contributed by atoms with Crippen LogP contribution < -0.4 is 5.32 Å². The van der Waals surface area contributed by atoms with Crippen LogP contribution in [0.25, 0.3) is 0 Å². The number of hydrogen-bond acceptors (Lipinski definition) is 3. The number of anilines is 1. The van der Waals surface area contributed by atoms with Gasteiger partial charge in [-0.1, -0.05) is 12.2 Å². The second kappa shape index (κ2) is 6.48. The molecule has 0 atom stereocenters. The van der Waals surface area contributed by atoms with Crippen molar-refractivity contribution in [1.82, 2.24) is 9.88 Å². The van der Waals surface area contributed by atoms with Gasteiger partial charge in [0.1, 0.15) is 5.82 Å². The quantitative estimate of drug-likeness (QED) is 0.761. The predicted octanol–water partition coefficient (Wildman–Crippen LogP) is 1.94. The SMILES string of the molecule is C=CCN(CC=C)C(=O)c1ccnc(NC)c1. The predicted molar refractivity (Wildman–Crippen MR) is 70.1 cm³/mol. The first-order valence-electron chi connectivity index (χ1n) is 5.37. The van der Waals surface area contributed by atoms with E-state index in [0.29, 0.717) is 24.5 Å². The monoisotopic (exact) mass is 231 g/mol. The van der Waals surface area contributed by atoms with Crippen LogP contribution in [0.3, 0.4) is 0 Å². The van der Waals surface area contributed by atoms with Crippen molar-refractivity contribution in [1.29, 1.82) is 0 Å². The van der Waals surface area contributed by atoms with Gasteiger partial charge in [0.15, 0.2) is 0 Å². The van der Waals surface area contributed by atoms with Gasteiger partial charge in [-0.2, -0.15) is 0 Å². The van der Waals surface area contributed by atoms with Gasteiger partial charge in [0.2, 0.25) is 0 Å². The summed E-state index contributed by atoms with van der Waals surface area (Å²) in [7, 11) is 1.77. The molecule has 0 aliphatic carbocycles. The Labute approximate surface area is 102 Å². The first-order valence-corrected chi connectivity index (χ1v) is 5.37. The molecule has 4 heteroatoms. The van der Waals surface area contributed by atoms with Crippen molar-refractivity contribution in [2.45, 2.75) is 0 Å². The summed E-state index contributed by atoms with van der Waals surface area (Å²) in [5, 5.41) is 2.90. The molecule has 0 spiro atoms. The van der Waals surface area contributed by atoms with Crippen molar-refractivity contribution in [3.63, 3.8) is 0 Å². The minimum absolute atomic E-state index is 0.0521. The fraction of sp³-hybridized carbons (Fsp3) is 0.231. The van der Waals surface area contributed by atoms with E-state index in [1.807, 2.05) is 0 Å². The van der Waals surface area contributed by atoms with Crippen molar-refractivity contribution in [3.05, 3.63) is 49.2 Å². The second-order valence-electron chi connectivity index (χ2n) is 3.47. The number of hydrogen-bond donors (Lipinski definition) is 1. The maximum absolute atomic E-state index is 12.2. The summed E-state index contributed by atoms with van der Waals surface area (Å²) in [6.45, 7) is 8.28. The number of nitrogens with one attached hydrogen (secondary N) is 1. The third kappa shape index (κ3) is 3.45. The van der Waals surface area contributed by atoms with Crippen molar-refractivity contribution in [2.75, 3.05) is 25.5 Å². The van der Waals surface area contributed by atoms with Crippen LogP contribution in [0.1, 0.15) is 10.4 Å². The molecule has 0 saturated heterocycles. The zero-order chi connectivity index (χ0) is 12.7. The number of aromatic nitrogens is 1. The maximum atomic E-state index is 12.2. The van der Waals surface area contributed by atoms with Crippen LogP contribution in [-0.2, 0) is 0 Å². The summed E-state index contributed by atoms with van der Waals surface area (Å²) in [6, 6.07) is 3.42. The molecule has 0 aliphatic rings. The van der Waals surface area contributed by atoms with Gasteiger partial charge >= 0.3 is 0 Å². The molecule has 17 heavy (non-hydrogen) atoms. The Morgan fingerprint density at radius 3 is 2.65 bits per heavy atom. The van der Waals surface area contributed by atoms with E-state index < -0.39 is 0 Å². The lowest BCUT2D eigenvalue weighted by molar-refractivity contribution is 0.0791. The highest BCUT2D eigenvalue weighted by Crippen LogP contribution is 2.09. The first-order chi connectivity index (χ1) is 8.22.